The third-order valence-corrected chi connectivity index (χ3v) is 3.28. The minimum atomic E-state index is -0.402. The Morgan fingerprint density at radius 1 is 1.23 bits per heavy atom. The van der Waals surface area contributed by atoms with E-state index in [1.165, 1.54) is 9.08 Å². The van der Waals surface area contributed by atoms with E-state index in [4.69, 9.17) is 4.74 Å². The van der Waals surface area contributed by atoms with Gasteiger partial charge in [-0.1, -0.05) is 23.8 Å². The van der Waals surface area contributed by atoms with Gasteiger partial charge in [-0.05, 0) is 31.2 Å². The summed E-state index contributed by atoms with van der Waals surface area (Å²) in [6, 6.07) is 12.5. The van der Waals surface area contributed by atoms with Crippen molar-refractivity contribution in [3.8, 4) is 0 Å². The topological polar surface area (TPSA) is 65.6 Å². The molecule has 6 heteroatoms. The summed E-state index contributed by atoms with van der Waals surface area (Å²) in [4.78, 5) is 24.0. The summed E-state index contributed by atoms with van der Waals surface area (Å²) in [5.74, 6) is -0.402. The van der Waals surface area contributed by atoms with Gasteiger partial charge in [0.2, 0.25) is 0 Å². The number of aryl methyl sites for hydroxylation is 1. The average molecular weight is 297 g/mol. The van der Waals surface area contributed by atoms with Gasteiger partial charge < -0.3 is 4.74 Å². The molecular weight excluding hydrogens is 282 g/mol. The van der Waals surface area contributed by atoms with Crippen LogP contribution in [0.25, 0.3) is 5.65 Å². The Morgan fingerprint density at radius 2 is 2.09 bits per heavy atom. The summed E-state index contributed by atoms with van der Waals surface area (Å²) < 4.78 is 7.93. The van der Waals surface area contributed by atoms with Gasteiger partial charge in [-0.3, -0.25) is 4.40 Å². The van der Waals surface area contributed by atoms with E-state index in [-0.39, 0.29) is 18.8 Å². The maximum absolute atomic E-state index is 12.0. The smallest absolute Gasteiger partial charge is 0.350 e. The minimum Gasteiger partial charge on any atom is -0.460 e. The fourth-order valence-electron chi connectivity index (χ4n) is 2.19. The molecule has 0 aliphatic rings. The molecule has 3 aromatic rings. The molecular formula is C16H15N3O3. The molecule has 2 heterocycles. The van der Waals surface area contributed by atoms with Gasteiger partial charge in [0.05, 0.1) is 12.1 Å². The van der Waals surface area contributed by atoms with Crippen LogP contribution in [0.5, 0.6) is 0 Å². The van der Waals surface area contributed by atoms with Crippen molar-refractivity contribution in [2.45, 2.75) is 13.5 Å². The van der Waals surface area contributed by atoms with Crippen molar-refractivity contribution in [2.75, 3.05) is 6.61 Å². The minimum absolute atomic E-state index is 0.0938. The number of rotatable bonds is 4. The monoisotopic (exact) mass is 297 g/mol. The van der Waals surface area contributed by atoms with Crippen LogP contribution in [-0.2, 0) is 11.3 Å². The van der Waals surface area contributed by atoms with Crippen molar-refractivity contribution >= 4 is 11.6 Å². The number of carbonyl (C=O) groups is 1. The van der Waals surface area contributed by atoms with Crippen LogP contribution in [0.4, 0.5) is 0 Å². The van der Waals surface area contributed by atoms with Crippen LogP contribution in [-0.4, -0.2) is 26.8 Å². The molecule has 0 saturated heterocycles. The maximum atomic E-state index is 12.0. The van der Waals surface area contributed by atoms with Crippen molar-refractivity contribution in [3.63, 3.8) is 0 Å². The van der Waals surface area contributed by atoms with E-state index >= 15 is 0 Å². The van der Waals surface area contributed by atoms with Crippen LogP contribution in [0.15, 0.2) is 53.5 Å². The number of nitrogens with zero attached hydrogens (tertiary/aromatic N) is 3. The van der Waals surface area contributed by atoms with Crippen LogP contribution in [0, 0.1) is 6.92 Å². The number of carbonyl (C=O) groups excluding carboxylic acids is 1. The first kappa shape index (κ1) is 14.1. The highest BCUT2D eigenvalue weighted by atomic mass is 16.5. The van der Waals surface area contributed by atoms with Crippen molar-refractivity contribution in [1.82, 2.24) is 14.2 Å². The van der Waals surface area contributed by atoms with Gasteiger partial charge in [0, 0.05) is 6.20 Å². The second-order valence-corrected chi connectivity index (χ2v) is 4.94. The van der Waals surface area contributed by atoms with E-state index in [2.05, 4.69) is 5.10 Å². The van der Waals surface area contributed by atoms with E-state index in [1.54, 1.807) is 36.5 Å². The van der Waals surface area contributed by atoms with Crippen LogP contribution >= 0.6 is 0 Å². The van der Waals surface area contributed by atoms with Crippen molar-refractivity contribution in [3.05, 3.63) is 70.3 Å². The maximum Gasteiger partial charge on any atom is 0.350 e. The summed E-state index contributed by atoms with van der Waals surface area (Å²) in [5, 5.41) is 4.17. The Balaban J connectivity index is 1.66. The molecule has 3 rings (SSSR count). The van der Waals surface area contributed by atoms with Gasteiger partial charge in [0.15, 0.2) is 5.65 Å². The predicted molar refractivity (Wildman–Crippen MR) is 80.9 cm³/mol. The van der Waals surface area contributed by atoms with E-state index in [9.17, 15) is 9.59 Å². The number of benzene rings is 1. The lowest BCUT2D eigenvalue weighted by Crippen LogP contribution is -2.24. The number of pyridine rings is 1. The summed E-state index contributed by atoms with van der Waals surface area (Å²) in [6.45, 7) is 2.22. The Labute approximate surface area is 126 Å². The molecule has 0 bridgehead atoms. The SMILES string of the molecule is Cc1cccc(C(=O)OCCn2nc3ccccn3c2=O)c1. The first-order chi connectivity index (χ1) is 10.6. The first-order valence-corrected chi connectivity index (χ1v) is 6.93. The molecule has 22 heavy (non-hydrogen) atoms. The summed E-state index contributed by atoms with van der Waals surface area (Å²) in [5.41, 5.74) is 1.81. The van der Waals surface area contributed by atoms with Gasteiger partial charge >= 0.3 is 11.7 Å². The fourth-order valence-corrected chi connectivity index (χ4v) is 2.19. The normalized spacial score (nSPS) is 10.8. The molecule has 0 radical (unpaired) electrons. The van der Waals surface area contributed by atoms with Gasteiger partial charge in [-0.2, -0.15) is 0 Å². The molecule has 0 saturated carbocycles. The number of ether oxygens (including phenoxy) is 1. The third kappa shape index (κ3) is 2.76. The summed E-state index contributed by atoms with van der Waals surface area (Å²) >= 11 is 0. The number of fused-ring (bicyclic) bond motifs is 1. The zero-order valence-electron chi connectivity index (χ0n) is 12.1. The lowest BCUT2D eigenvalue weighted by molar-refractivity contribution is 0.0486. The van der Waals surface area contributed by atoms with Crippen LogP contribution in [0.1, 0.15) is 15.9 Å². The van der Waals surface area contributed by atoms with Crippen molar-refractivity contribution in [2.24, 2.45) is 0 Å². The van der Waals surface area contributed by atoms with Crippen LogP contribution in [0.3, 0.4) is 0 Å². The van der Waals surface area contributed by atoms with E-state index in [0.717, 1.165) is 5.56 Å². The molecule has 0 amide bonds. The average Bonchev–Trinajstić information content (AvgIpc) is 2.84. The summed E-state index contributed by atoms with van der Waals surface area (Å²) in [6.07, 6.45) is 1.65. The number of esters is 1. The Morgan fingerprint density at radius 3 is 2.86 bits per heavy atom. The van der Waals surface area contributed by atoms with Gasteiger partial charge in [0.1, 0.15) is 6.61 Å². The highest BCUT2D eigenvalue weighted by Crippen LogP contribution is 2.05. The quantitative estimate of drug-likeness (QED) is 0.687. The van der Waals surface area contributed by atoms with Gasteiger partial charge in [-0.25, -0.2) is 14.3 Å². The molecule has 0 unspecified atom stereocenters. The Hall–Kier alpha value is -2.89. The third-order valence-electron chi connectivity index (χ3n) is 3.28. The molecule has 2 aromatic heterocycles. The molecule has 0 atom stereocenters. The fraction of sp³-hybridized carbons (Fsp3) is 0.188. The zero-order valence-corrected chi connectivity index (χ0v) is 12.1. The van der Waals surface area contributed by atoms with Crippen LogP contribution < -0.4 is 5.69 Å². The van der Waals surface area contributed by atoms with Gasteiger partial charge in [0.25, 0.3) is 0 Å². The van der Waals surface area contributed by atoms with Crippen molar-refractivity contribution < 1.29 is 9.53 Å². The molecule has 0 aliphatic heterocycles. The Kier molecular flexibility index (Phi) is 3.74. The van der Waals surface area contributed by atoms with E-state index < -0.39 is 5.97 Å². The van der Waals surface area contributed by atoms with Crippen LogP contribution in [0.2, 0.25) is 0 Å². The predicted octanol–water partition coefficient (Wildman–Crippen LogP) is 1.66. The number of aromatic nitrogens is 3. The van der Waals surface area contributed by atoms with Crippen molar-refractivity contribution in [1.29, 1.82) is 0 Å². The summed E-state index contributed by atoms with van der Waals surface area (Å²) in [7, 11) is 0. The van der Waals surface area contributed by atoms with E-state index in [1.807, 2.05) is 19.1 Å². The zero-order chi connectivity index (χ0) is 15.5. The number of hydrogen-bond donors (Lipinski definition) is 0. The lowest BCUT2D eigenvalue weighted by Gasteiger charge is -2.04. The van der Waals surface area contributed by atoms with E-state index in [0.29, 0.717) is 11.2 Å². The largest absolute Gasteiger partial charge is 0.460 e. The molecule has 0 fully saturated rings. The second-order valence-electron chi connectivity index (χ2n) is 4.94. The Bertz CT molecular complexity index is 879. The second kappa shape index (κ2) is 5.85. The molecule has 0 N–H and O–H groups in total. The number of hydrogen-bond acceptors (Lipinski definition) is 4. The molecule has 0 spiro atoms. The highest BCUT2D eigenvalue weighted by Gasteiger charge is 2.09. The van der Waals surface area contributed by atoms with Gasteiger partial charge in [-0.15, -0.1) is 5.10 Å². The molecule has 112 valence electrons. The standard InChI is InChI=1S/C16H15N3O3/c1-12-5-4-6-13(11-12)15(20)22-10-9-19-16(21)18-8-3-2-7-14(18)17-19/h2-8,11H,9-10H2,1H3. The molecule has 6 nitrogen and oxygen atoms in total. The molecule has 1 aromatic carbocycles. The molecule has 0 aliphatic carbocycles. The highest BCUT2D eigenvalue weighted by molar-refractivity contribution is 5.89. The first-order valence-electron chi connectivity index (χ1n) is 6.93. The lowest BCUT2D eigenvalue weighted by atomic mass is 10.1.